The van der Waals surface area contributed by atoms with Gasteiger partial charge in [0, 0.05) is 5.56 Å². The molecule has 0 heterocycles. The summed E-state index contributed by atoms with van der Waals surface area (Å²) in [6.07, 6.45) is 10.2. The van der Waals surface area contributed by atoms with E-state index < -0.39 is 11.6 Å². The van der Waals surface area contributed by atoms with Gasteiger partial charge in [0.1, 0.15) is 5.82 Å². The topological polar surface area (TPSA) is 0 Å². The molecule has 3 heteroatoms. The number of hydrogen-bond donors (Lipinski definition) is 0. The molecule has 0 saturated heterocycles. The van der Waals surface area contributed by atoms with Crippen LogP contribution in [0.5, 0.6) is 0 Å². The van der Waals surface area contributed by atoms with Crippen molar-refractivity contribution in [3.8, 4) is 0 Å². The van der Waals surface area contributed by atoms with E-state index in [-0.39, 0.29) is 11.7 Å². The largest absolute Gasteiger partial charge is 0.207 e. The minimum Gasteiger partial charge on any atom is -0.207 e. The van der Waals surface area contributed by atoms with Gasteiger partial charge in [0.15, 0.2) is 11.6 Å². The molecule has 2 aliphatic rings. The Balaban J connectivity index is 1.55. The zero-order valence-electron chi connectivity index (χ0n) is 18.0. The highest BCUT2D eigenvalue weighted by molar-refractivity contribution is 5.71. The molecular weight excluding hydrogens is 381 g/mol. The van der Waals surface area contributed by atoms with E-state index in [2.05, 4.69) is 6.92 Å². The first-order valence-electron chi connectivity index (χ1n) is 11.5. The number of fused-ring (bicyclic) bond motifs is 1. The molecule has 0 unspecified atom stereocenters. The maximum Gasteiger partial charge on any atom is 0.166 e. The molecule has 2 aromatic rings. The van der Waals surface area contributed by atoms with Crippen LogP contribution in [0.25, 0.3) is 5.57 Å². The number of hydrogen-bond acceptors (Lipinski definition) is 0. The molecule has 4 rings (SSSR count). The van der Waals surface area contributed by atoms with E-state index in [4.69, 9.17) is 0 Å². The summed E-state index contributed by atoms with van der Waals surface area (Å²) in [6, 6.07) is 7.00. The summed E-state index contributed by atoms with van der Waals surface area (Å²) in [5.41, 5.74) is 4.27. The molecule has 1 saturated carbocycles. The molecule has 30 heavy (non-hydrogen) atoms. The molecule has 0 N–H and O–H groups in total. The fourth-order valence-electron chi connectivity index (χ4n) is 5.35. The Morgan fingerprint density at radius 2 is 1.67 bits per heavy atom. The van der Waals surface area contributed by atoms with Gasteiger partial charge >= 0.3 is 0 Å². The van der Waals surface area contributed by atoms with Crippen molar-refractivity contribution in [3.63, 3.8) is 0 Å². The molecule has 0 amide bonds. The van der Waals surface area contributed by atoms with Crippen LogP contribution in [0.15, 0.2) is 30.3 Å². The first-order valence-corrected chi connectivity index (χ1v) is 11.5. The van der Waals surface area contributed by atoms with Crippen molar-refractivity contribution < 1.29 is 13.2 Å². The Bertz CT molecular complexity index is 949. The number of halogens is 3. The number of allylic oxidation sites excluding steroid dienone is 2. The highest BCUT2D eigenvalue weighted by Gasteiger charge is 2.27. The molecular formula is C27H31F3. The van der Waals surface area contributed by atoms with E-state index in [1.807, 2.05) is 19.1 Å². The molecule has 2 aromatic carbocycles. The van der Waals surface area contributed by atoms with Crippen molar-refractivity contribution in [2.75, 3.05) is 0 Å². The first kappa shape index (κ1) is 21.2. The summed E-state index contributed by atoms with van der Waals surface area (Å²) >= 11 is 0. The van der Waals surface area contributed by atoms with Crippen LogP contribution < -0.4 is 0 Å². The molecule has 2 aliphatic carbocycles. The molecule has 1 fully saturated rings. The van der Waals surface area contributed by atoms with Crippen LogP contribution in [0.2, 0.25) is 0 Å². The average Bonchev–Trinajstić information content (AvgIpc) is 2.76. The van der Waals surface area contributed by atoms with Crippen LogP contribution in [0.4, 0.5) is 13.2 Å². The van der Waals surface area contributed by atoms with Crippen molar-refractivity contribution in [2.24, 2.45) is 5.92 Å². The van der Waals surface area contributed by atoms with Crippen LogP contribution in [0.3, 0.4) is 0 Å². The minimum atomic E-state index is -0.747. The van der Waals surface area contributed by atoms with E-state index in [0.717, 1.165) is 48.3 Å². The monoisotopic (exact) mass is 412 g/mol. The van der Waals surface area contributed by atoms with Gasteiger partial charge in [-0.25, -0.2) is 13.2 Å². The van der Waals surface area contributed by atoms with Crippen molar-refractivity contribution in [3.05, 3.63) is 75.6 Å². The SMILES string of the molecule is CCCC1CCC(c2ccc(C3=CCc4cc(CC)c(F)cc4C3)c(F)c2F)CC1. The van der Waals surface area contributed by atoms with E-state index in [1.54, 1.807) is 18.2 Å². The van der Waals surface area contributed by atoms with Crippen molar-refractivity contribution in [2.45, 2.75) is 77.6 Å². The fourth-order valence-corrected chi connectivity index (χ4v) is 5.35. The Morgan fingerprint density at radius 3 is 2.37 bits per heavy atom. The summed E-state index contributed by atoms with van der Waals surface area (Å²) in [7, 11) is 0. The molecule has 0 aliphatic heterocycles. The fraction of sp³-hybridized carbons (Fsp3) is 0.481. The quantitative estimate of drug-likeness (QED) is 0.468. The lowest BCUT2D eigenvalue weighted by Crippen LogP contribution is -2.15. The summed E-state index contributed by atoms with van der Waals surface area (Å²) in [4.78, 5) is 0. The van der Waals surface area contributed by atoms with Gasteiger partial charge in [0.2, 0.25) is 0 Å². The second-order valence-electron chi connectivity index (χ2n) is 9.01. The van der Waals surface area contributed by atoms with Crippen molar-refractivity contribution >= 4 is 5.57 Å². The molecule has 0 bridgehead atoms. The van der Waals surface area contributed by atoms with E-state index in [9.17, 15) is 4.39 Å². The van der Waals surface area contributed by atoms with Gasteiger partial charge in [-0.2, -0.15) is 0 Å². The van der Waals surface area contributed by atoms with Gasteiger partial charge in [0.25, 0.3) is 0 Å². The Morgan fingerprint density at radius 1 is 0.900 bits per heavy atom. The third kappa shape index (κ3) is 4.08. The molecule has 0 nitrogen and oxygen atoms in total. The zero-order valence-corrected chi connectivity index (χ0v) is 18.0. The van der Waals surface area contributed by atoms with Gasteiger partial charge in [0.05, 0.1) is 0 Å². The summed E-state index contributed by atoms with van der Waals surface area (Å²) < 4.78 is 44.4. The van der Waals surface area contributed by atoms with E-state index >= 15 is 8.78 Å². The Hall–Kier alpha value is -2.03. The van der Waals surface area contributed by atoms with Crippen LogP contribution in [-0.4, -0.2) is 0 Å². The lowest BCUT2D eigenvalue weighted by molar-refractivity contribution is 0.303. The summed E-state index contributed by atoms with van der Waals surface area (Å²) in [5.74, 6) is -0.795. The van der Waals surface area contributed by atoms with Crippen molar-refractivity contribution in [1.29, 1.82) is 0 Å². The first-order chi connectivity index (χ1) is 14.5. The molecule has 160 valence electrons. The molecule has 0 aromatic heterocycles. The zero-order chi connectivity index (χ0) is 21.3. The predicted molar refractivity (Wildman–Crippen MR) is 117 cm³/mol. The summed E-state index contributed by atoms with van der Waals surface area (Å²) in [6.45, 7) is 4.14. The highest BCUT2D eigenvalue weighted by Crippen LogP contribution is 2.40. The van der Waals surface area contributed by atoms with Crippen LogP contribution in [0.1, 0.15) is 86.1 Å². The van der Waals surface area contributed by atoms with Crippen LogP contribution in [-0.2, 0) is 19.3 Å². The van der Waals surface area contributed by atoms with Crippen LogP contribution >= 0.6 is 0 Å². The van der Waals surface area contributed by atoms with Crippen LogP contribution in [0, 0.1) is 23.4 Å². The number of benzene rings is 2. The molecule has 0 spiro atoms. The lowest BCUT2D eigenvalue weighted by Gasteiger charge is -2.29. The van der Waals surface area contributed by atoms with Gasteiger partial charge in [-0.05, 0) is 90.7 Å². The van der Waals surface area contributed by atoms with Gasteiger partial charge < -0.3 is 0 Å². The summed E-state index contributed by atoms with van der Waals surface area (Å²) in [5, 5.41) is 0. The lowest BCUT2D eigenvalue weighted by atomic mass is 9.76. The standard InChI is InChI=1S/C27H31F3/c1-3-5-17-6-8-19(9-7-17)23-12-13-24(27(30)26(23)29)21-11-10-20-14-18(4-2)25(28)16-22(20)15-21/h11-14,16-17,19H,3-10,15H2,1-2H3. The average molecular weight is 413 g/mol. The maximum absolute atomic E-state index is 15.1. The van der Waals surface area contributed by atoms with Gasteiger partial charge in [-0.1, -0.05) is 51.0 Å². The smallest absolute Gasteiger partial charge is 0.166 e. The molecule has 0 atom stereocenters. The predicted octanol–water partition coefficient (Wildman–Crippen LogP) is 7.92. The third-order valence-corrected chi connectivity index (χ3v) is 7.14. The van der Waals surface area contributed by atoms with Gasteiger partial charge in [-0.15, -0.1) is 0 Å². The maximum atomic E-state index is 15.1. The number of aryl methyl sites for hydroxylation is 1. The van der Waals surface area contributed by atoms with Gasteiger partial charge in [-0.3, -0.25) is 0 Å². The van der Waals surface area contributed by atoms with E-state index in [1.165, 1.54) is 12.8 Å². The Labute approximate surface area is 178 Å². The van der Waals surface area contributed by atoms with E-state index in [0.29, 0.717) is 36.0 Å². The second kappa shape index (κ2) is 8.99. The highest BCUT2D eigenvalue weighted by atomic mass is 19.2. The second-order valence-corrected chi connectivity index (χ2v) is 9.01. The number of rotatable bonds is 5. The molecule has 0 radical (unpaired) electrons. The normalized spacial score (nSPS) is 21.3. The third-order valence-electron chi connectivity index (χ3n) is 7.14. The minimum absolute atomic E-state index is 0.115. The van der Waals surface area contributed by atoms with Crippen molar-refractivity contribution in [1.82, 2.24) is 0 Å². The Kier molecular flexibility index (Phi) is 6.36.